The molecule has 6 aromatic carbocycles. The van der Waals surface area contributed by atoms with Crippen molar-refractivity contribution in [3.8, 4) is 45.4 Å². The predicted octanol–water partition coefficient (Wildman–Crippen LogP) is 13.2. The zero-order valence-corrected chi connectivity index (χ0v) is 29.9. The molecule has 0 saturated carbocycles. The van der Waals surface area contributed by atoms with Gasteiger partial charge in [0.15, 0.2) is 11.5 Å². The molecule has 6 nitrogen and oxygen atoms in total. The Morgan fingerprint density at radius 2 is 0.732 bits per heavy atom. The monoisotopic (exact) mass is 718 g/mol. The Balaban J connectivity index is 0.835. The molecule has 0 atom stereocenters. The van der Waals surface area contributed by atoms with Crippen molar-refractivity contribution in [3.63, 3.8) is 0 Å². The smallest absolute Gasteiger partial charge is 0.153 e. The molecule has 0 aliphatic heterocycles. The molecule has 0 unspecified atom stereocenters. The molecule has 6 aromatic heterocycles. The van der Waals surface area contributed by atoms with Gasteiger partial charge < -0.3 is 18.0 Å². The first-order valence-electron chi connectivity index (χ1n) is 18.7. The highest BCUT2D eigenvalue weighted by atomic mass is 16.3. The summed E-state index contributed by atoms with van der Waals surface area (Å²) in [6.45, 7) is 0. The molecule has 0 fully saturated rings. The van der Waals surface area contributed by atoms with Crippen LogP contribution in [0.15, 0.2) is 191 Å². The molecule has 6 heterocycles. The van der Waals surface area contributed by atoms with E-state index in [0.29, 0.717) is 0 Å². The molecule has 0 bridgehead atoms. The zero-order chi connectivity index (χ0) is 36.7. The number of furan rings is 2. The molecule has 12 aromatic rings. The Morgan fingerprint density at radius 3 is 1.09 bits per heavy atom. The maximum Gasteiger partial charge on any atom is 0.153 e. The fourth-order valence-corrected chi connectivity index (χ4v) is 8.40. The Bertz CT molecular complexity index is 3130. The predicted molar refractivity (Wildman–Crippen MR) is 227 cm³/mol. The number of hydrogen-bond donors (Lipinski definition) is 0. The Labute approximate surface area is 320 Å². The van der Waals surface area contributed by atoms with Crippen LogP contribution in [0.25, 0.3) is 111 Å². The molecule has 262 valence electrons. The Hall–Kier alpha value is -7.70. The van der Waals surface area contributed by atoms with Crippen molar-refractivity contribution in [2.45, 2.75) is 0 Å². The molecular formula is C50H30N4O2. The van der Waals surface area contributed by atoms with E-state index in [0.717, 1.165) is 89.4 Å². The normalized spacial score (nSPS) is 11.9. The van der Waals surface area contributed by atoms with Gasteiger partial charge in [-0.05, 0) is 83.9 Å². The van der Waals surface area contributed by atoms with Crippen LogP contribution in [0.3, 0.4) is 0 Å². The maximum absolute atomic E-state index is 6.42. The standard InChI is InChI=1S/C50H30N4O2/c1-5-13-43-37(9-1)38-10-2-6-14-44(38)53(43)35-21-23-41(51-29-35)49-27-33-19-17-31(25-47(33)55-49)32-18-20-34-28-50(56-48(34)26-32)42-24-22-36(30-52-42)54-45-15-7-3-11-39(45)40-12-4-8-16-46(40)54/h1-30H. The van der Waals surface area contributed by atoms with E-state index >= 15 is 0 Å². The highest BCUT2D eigenvalue weighted by Crippen LogP contribution is 2.37. The van der Waals surface area contributed by atoms with Crippen molar-refractivity contribution in [1.29, 1.82) is 0 Å². The lowest BCUT2D eigenvalue weighted by molar-refractivity contribution is 0.628. The van der Waals surface area contributed by atoms with E-state index in [4.69, 9.17) is 18.8 Å². The fraction of sp³-hybridized carbons (Fsp3) is 0. The first-order valence-corrected chi connectivity index (χ1v) is 18.7. The Kier molecular flexibility index (Phi) is 6.53. The summed E-state index contributed by atoms with van der Waals surface area (Å²) >= 11 is 0. The van der Waals surface area contributed by atoms with Crippen LogP contribution in [0, 0.1) is 0 Å². The van der Waals surface area contributed by atoms with Gasteiger partial charge in [0, 0.05) is 32.3 Å². The van der Waals surface area contributed by atoms with Gasteiger partial charge in [0.2, 0.25) is 0 Å². The van der Waals surface area contributed by atoms with E-state index in [-0.39, 0.29) is 0 Å². The quantitative estimate of drug-likeness (QED) is 0.178. The molecule has 56 heavy (non-hydrogen) atoms. The number of benzene rings is 6. The molecule has 0 spiro atoms. The maximum atomic E-state index is 6.42. The van der Waals surface area contributed by atoms with Gasteiger partial charge in [0.25, 0.3) is 0 Å². The SMILES string of the molecule is c1ccc2c(c1)c1ccccc1n2-c1ccc(-c2cc3ccc(-c4ccc5cc(-c6ccc(-n7c8ccccc8c8ccccc87)cn6)oc5c4)cc3o2)nc1. The number of pyridine rings is 2. The van der Waals surface area contributed by atoms with Crippen LogP contribution in [0.2, 0.25) is 0 Å². The van der Waals surface area contributed by atoms with Crippen molar-refractivity contribution in [2.75, 3.05) is 0 Å². The summed E-state index contributed by atoms with van der Waals surface area (Å²) in [7, 11) is 0. The summed E-state index contributed by atoms with van der Waals surface area (Å²) in [5.41, 5.74) is 11.9. The second-order valence-corrected chi connectivity index (χ2v) is 14.3. The third-order valence-corrected chi connectivity index (χ3v) is 11.1. The van der Waals surface area contributed by atoms with Crippen molar-refractivity contribution >= 4 is 65.6 Å². The lowest BCUT2D eigenvalue weighted by Gasteiger charge is -2.07. The fourth-order valence-electron chi connectivity index (χ4n) is 8.40. The van der Waals surface area contributed by atoms with E-state index in [9.17, 15) is 0 Å². The highest BCUT2D eigenvalue weighted by Gasteiger charge is 2.16. The molecule has 0 radical (unpaired) electrons. The minimum absolute atomic E-state index is 0.730. The summed E-state index contributed by atoms with van der Waals surface area (Å²) < 4.78 is 17.4. The lowest BCUT2D eigenvalue weighted by atomic mass is 10.0. The van der Waals surface area contributed by atoms with Crippen LogP contribution in [-0.4, -0.2) is 19.1 Å². The summed E-state index contributed by atoms with van der Waals surface area (Å²) in [5.74, 6) is 1.46. The topological polar surface area (TPSA) is 61.9 Å². The molecule has 0 saturated heterocycles. The second kappa shape index (κ2) is 11.9. The van der Waals surface area contributed by atoms with Crippen molar-refractivity contribution in [2.24, 2.45) is 0 Å². The number of rotatable bonds is 5. The molecule has 0 aliphatic carbocycles. The van der Waals surface area contributed by atoms with Gasteiger partial charge in [-0.1, -0.05) is 97.1 Å². The molecule has 12 rings (SSSR count). The van der Waals surface area contributed by atoms with Gasteiger partial charge >= 0.3 is 0 Å². The lowest BCUT2D eigenvalue weighted by Crippen LogP contribution is -1.95. The van der Waals surface area contributed by atoms with Crippen molar-refractivity contribution in [1.82, 2.24) is 19.1 Å². The molecule has 0 N–H and O–H groups in total. The third kappa shape index (κ3) is 4.69. The van der Waals surface area contributed by atoms with Gasteiger partial charge in [-0.25, -0.2) is 0 Å². The van der Waals surface area contributed by atoms with Crippen LogP contribution < -0.4 is 0 Å². The second-order valence-electron chi connectivity index (χ2n) is 14.3. The summed E-state index contributed by atoms with van der Waals surface area (Å²) in [4.78, 5) is 9.73. The third-order valence-electron chi connectivity index (χ3n) is 11.1. The number of hydrogen-bond acceptors (Lipinski definition) is 4. The van der Waals surface area contributed by atoms with Crippen molar-refractivity contribution < 1.29 is 8.83 Å². The van der Waals surface area contributed by atoms with Crippen LogP contribution in [-0.2, 0) is 0 Å². The summed E-state index contributed by atoms with van der Waals surface area (Å²) in [5, 5.41) is 6.95. The summed E-state index contributed by atoms with van der Waals surface area (Å²) in [6, 6.07) is 59.1. The zero-order valence-electron chi connectivity index (χ0n) is 29.9. The van der Waals surface area contributed by atoms with Gasteiger partial charge in [-0.3, -0.25) is 9.97 Å². The largest absolute Gasteiger partial charge is 0.454 e. The molecular weight excluding hydrogens is 689 g/mol. The number of fused-ring (bicyclic) bond motifs is 8. The van der Waals surface area contributed by atoms with E-state index in [1.807, 2.05) is 24.5 Å². The minimum Gasteiger partial charge on any atom is -0.454 e. The van der Waals surface area contributed by atoms with Crippen LogP contribution in [0.1, 0.15) is 0 Å². The molecule has 0 aliphatic rings. The van der Waals surface area contributed by atoms with Crippen molar-refractivity contribution in [3.05, 3.63) is 182 Å². The number of para-hydroxylation sites is 4. The van der Waals surface area contributed by atoms with Gasteiger partial charge in [-0.15, -0.1) is 0 Å². The van der Waals surface area contributed by atoms with E-state index < -0.39 is 0 Å². The molecule has 0 amide bonds. The molecule has 6 heteroatoms. The average Bonchev–Trinajstić information content (AvgIpc) is 4.04. The van der Waals surface area contributed by atoms with Gasteiger partial charge in [0.05, 0.1) is 45.8 Å². The van der Waals surface area contributed by atoms with Crippen LogP contribution >= 0.6 is 0 Å². The van der Waals surface area contributed by atoms with Crippen LogP contribution in [0.5, 0.6) is 0 Å². The number of nitrogens with zero attached hydrogens (tertiary/aromatic N) is 4. The van der Waals surface area contributed by atoms with Gasteiger partial charge in [-0.2, -0.15) is 0 Å². The summed E-state index contributed by atoms with van der Waals surface area (Å²) in [6.07, 6.45) is 3.85. The number of aromatic nitrogens is 4. The highest BCUT2D eigenvalue weighted by molar-refractivity contribution is 6.10. The minimum atomic E-state index is 0.730. The van der Waals surface area contributed by atoms with Gasteiger partial charge in [0.1, 0.15) is 22.6 Å². The van der Waals surface area contributed by atoms with E-state index in [2.05, 4.69) is 167 Å². The van der Waals surface area contributed by atoms with Crippen LogP contribution in [0.4, 0.5) is 0 Å². The first-order chi connectivity index (χ1) is 27.7. The van der Waals surface area contributed by atoms with E-state index in [1.165, 1.54) is 21.5 Å². The first kappa shape index (κ1) is 30.7. The average molecular weight is 719 g/mol. The van der Waals surface area contributed by atoms with E-state index in [1.54, 1.807) is 0 Å². The Morgan fingerprint density at radius 1 is 0.357 bits per heavy atom.